The lowest BCUT2D eigenvalue weighted by atomic mass is 9.38. The van der Waals surface area contributed by atoms with Gasteiger partial charge in [0.15, 0.2) is 0 Å². The van der Waals surface area contributed by atoms with Gasteiger partial charge >= 0.3 is 29.8 Å². The number of hydrogen-bond donors (Lipinski definition) is 3. The number of aliphatic carboxylic acids is 1. The predicted octanol–water partition coefficient (Wildman–Crippen LogP) is -0.00400. The van der Waals surface area contributed by atoms with Crippen molar-refractivity contribution in [3.05, 3.63) is 11.6 Å². The maximum atomic E-state index is 13.5. The molecular weight excluding hydrogens is 532 g/mol. The first kappa shape index (κ1) is 29.9. The number of aliphatic hydroxyl groups excluding tert-OH is 2. The molecule has 0 aromatic carbocycles. The first-order chi connectivity index (χ1) is 18.6. The summed E-state index contributed by atoms with van der Waals surface area (Å²) in [5, 5.41) is 33.3. The van der Waals surface area contributed by atoms with E-state index in [4.69, 9.17) is 23.7 Å². The van der Waals surface area contributed by atoms with E-state index in [1.807, 2.05) is 0 Å². The van der Waals surface area contributed by atoms with Crippen molar-refractivity contribution < 1.29 is 63.0 Å². The maximum Gasteiger partial charge on any atom is 0.348 e. The Morgan fingerprint density at radius 1 is 1.12 bits per heavy atom. The highest BCUT2D eigenvalue weighted by Gasteiger charge is 2.85. The molecule has 0 radical (unpaired) electrons. The van der Waals surface area contributed by atoms with Crippen LogP contribution in [-0.2, 0) is 47.7 Å². The van der Waals surface area contributed by atoms with Gasteiger partial charge in [0.25, 0.3) is 0 Å². The first-order valence-electron chi connectivity index (χ1n) is 13.1. The Bertz CT molecular complexity index is 1140. The molecule has 2 saturated carbocycles. The van der Waals surface area contributed by atoms with Crippen molar-refractivity contribution >= 4 is 29.8 Å². The van der Waals surface area contributed by atoms with Gasteiger partial charge in [0.2, 0.25) is 11.7 Å². The van der Waals surface area contributed by atoms with Crippen LogP contribution < -0.4 is 0 Å². The van der Waals surface area contributed by atoms with Crippen molar-refractivity contribution in [2.45, 2.75) is 70.6 Å². The first-order valence-corrected chi connectivity index (χ1v) is 13.1. The molecule has 13 nitrogen and oxygen atoms in total. The summed E-state index contributed by atoms with van der Waals surface area (Å²) in [6.45, 7) is 6.05. The van der Waals surface area contributed by atoms with Gasteiger partial charge in [0.05, 0.1) is 45.2 Å². The summed E-state index contributed by atoms with van der Waals surface area (Å²) in [7, 11) is 2.23. The van der Waals surface area contributed by atoms with Crippen LogP contribution in [0.15, 0.2) is 11.6 Å². The van der Waals surface area contributed by atoms with Crippen molar-refractivity contribution in [1.29, 1.82) is 0 Å². The zero-order chi connectivity index (χ0) is 29.9. The molecule has 2 bridgehead atoms. The molecule has 0 aromatic rings. The van der Waals surface area contributed by atoms with E-state index in [1.165, 1.54) is 7.11 Å². The Kier molecular flexibility index (Phi) is 7.57. The highest BCUT2D eigenvalue weighted by molar-refractivity contribution is 5.89. The molecule has 0 amide bonds. The molecule has 4 rings (SSSR count). The second-order valence-electron chi connectivity index (χ2n) is 11.8. The third kappa shape index (κ3) is 3.96. The molecule has 1 spiro atoms. The Balaban J connectivity index is 1.98. The molecule has 2 saturated heterocycles. The van der Waals surface area contributed by atoms with Crippen molar-refractivity contribution in [3.8, 4) is 0 Å². The number of ether oxygens (including phenoxy) is 5. The molecule has 4 aliphatic rings. The van der Waals surface area contributed by atoms with Gasteiger partial charge in [0.1, 0.15) is 12.2 Å². The Labute approximate surface area is 230 Å². The van der Waals surface area contributed by atoms with E-state index in [9.17, 15) is 39.3 Å². The van der Waals surface area contributed by atoms with E-state index in [-0.39, 0.29) is 13.0 Å². The molecule has 2 aliphatic carbocycles. The summed E-state index contributed by atoms with van der Waals surface area (Å²) in [6.07, 6.45) is -6.09. The van der Waals surface area contributed by atoms with E-state index in [0.717, 1.165) is 13.2 Å². The van der Waals surface area contributed by atoms with Gasteiger partial charge in [0, 0.05) is 17.4 Å². The van der Waals surface area contributed by atoms with Gasteiger partial charge in [-0.1, -0.05) is 19.4 Å². The SMILES string of the molecule is COC(=O)[C@@H](C)[C@@H]1C[C@H]2OC(=O)[C@H](OC(=O)C=C(C)C)[C@H]3[C@@]4(C(=O)OC)OC[C@]23[C@H]([C@@H](O)[C@@H]4O)[C@@]1(C)CC(=O)O. The highest BCUT2D eigenvalue weighted by atomic mass is 16.6. The van der Waals surface area contributed by atoms with Crippen LogP contribution in [0.5, 0.6) is 0 Å². The molecule has 11 atom stereocenters. The van der Waals surface area contributed by atoms with Gasteiger partial charge in [-0.25, -0.2) is 14.4 Å². The van der Waals surface area contributed by atoms with Crippen LogP contribution in [0.25, 0.3) is 0 Å². The van der Waals surface area contributed by atoms with E-state index in [1.54, 1.807) is 27.7 Å². The quantitative estimate of drug-likeness (QED) is 0.211. The monoisotopic (exact) mass is 568 g/mol. The lowest BCUT2D eigenvalue weighted by molar-refractivity contribution is -0.294. The molecule has 4 fully saturated rings. The largest absolute Gasteiger partial charge is 0.481 e. The molecule has 2 aliphatic heterocycles. The van der Waals surface area contributed by atoms with Crippen LogP contribution in [0.1, 0.15) is 40.5 Å². The average Bonchev–Trinajstić information content (AvgIpc) is 3.18. The molecule has 0 unspecified atom stereocenters. The third-order valence-corrected chi connectivity index (χ3v) is 9.57. The lowest BCUT2D eigenvalue weighted by Gasteiger charge is -2.66. The molecular formula is C27H36O13. The topological polar surface area (TPSA) is 192 Å². The number of carboxylic acid groups (broad SMARTS) is 1. The molecule has 0 aromatic heterocycles. The molecule has 40 heavy (non-hydrogen) atoms. The number of hydrogen-bond acceptors (Lipinski definition) is 12. The number of rotatable bonds is 7. The fourth-order valence-corrected chi connectivity index (χ4v) is 8.25. The molecule has 3 N–H and O–H groups in total. The number of carbonyl (C=O) groups is 5. The van der Waals surface area contributed by atoms with Gasteiger partial charge in [-0.2, -0.15) is 0 Å². The number of esters is 4. The van der Waals surface area contributed by atoms with Crippen molar-refractivity contribution in [3.63, 3.8) is 0 Å². The highest BCUT2D eigenvalue weighted by Crippen LogP contribution is 2.72. The van der Waals surface area contributed by atoms with Crippen LogP contribution in [0.2, 0.25) is 0 Å². The minimum atomic E-state index is -2.33. The van der Waals surface area contributed by atoms with E-state index in [0.29, 0.717) is 5.57 Å². The summed E-state index contributed by atoms with van der Waals surface area (Å²) in [5.74, 6) is -9.17. The number of carbonyl (C=O) groups excluding carboxylic acids is 4. The van der Waals surface area contributed by atoms with Crippen molar-refractivity contribution in [2.24, 2.45) is 34.5 Å². The van der Waals surface area contributed by atoms with Gasteiger partial charge in [-0.3, -0.25) is 9.59 Å². The van der Waals surface area contributed by atoms with Crippen LogP contribution >= 0.6 is 0 Å². The van der Waals surface area contributed by atoms with E-state index >= 15 is 0 Å². The normalized spacial score (nSPS) is 42.0. The maximum absolute atomic E-state index is 13.5. The summed E-state index contributed by atoms with van der Waals surface area (Å²) in [6, 6.07) is 0. The van der Waals surface area contributed by atoms with Gasteiger partial charge < -0.3 is 39.0 Å². The van der Waals surface area contributed by atoms with Crippen LogP contribution in [-0.4, -0.2) is 96.0 Å². The summed E-state index contributed by atoms with van der Waals surface area (Å²) >= 11 is 0. The Hall–Kier alpha value is -3.03. The smallest absolute Gasteiger partial charge is 0.348 e. The zero-order valence-corrected chi connectivity index (χ0v) is 23.2. The van der Waals surface area contributed by atoms with Gasteiger partial charge in [-0.05, 0) is 31.6 Å². The second kappa shape index (κ2) is 10.1. The Morgan fingerprint density at radius 2 is 1.77 bits per heavy atom. The second-order valence-corrected chi connectivity index (χ2v) is 11.8. The fraction of sp³-hybridized carbons (Fsp3) is 0.741. The Morgan fingerprint density at radius 3 is 2.33 bits per heavy atom. The number of methoxy groups -OCH3 is 2. The molecule has 2 heterocycles. The molecule has 13 heteroatoms. The standard InChI is InChI=1S/C27H36O13/c1-11(2)7-16(30)40-18-20-26-10-38-27(20,24(35)37-6)21(32)17(31)19(26)25(4,9-15(28)29)13(12(3)22(33)36-5)8-14(26)39-23(18)34/h7,12-14,17-21,31-32H,8-10H2,1-6H3,(H,28,29)/t12-,13-,14+,17+,18+,19+,20+,21-,25-,26+,27+/m0/s1. The van der Waals surface area contributed by atoms with Crippen molar-refractivity contribution in [2.75, 3.05) is 20.8 Å². The summed E-state index contributed by atoms with van der Waals surface area (Å²) in [5.41, 5.74) is -4.67. The molecule has 222 valence electrons. The van der Waals surface area contributed by atoms with Crippen LogP contribution in [0.4, 0.5) is 0 Å². The number of carboxylic acids is 1. The van der Waals surface area contributed by atoms with Gasteiger partial charge in [-0.15, -0.1) is 0 Å². The number of allylic oxidation sites excluding steroid dienone is 1. The van der Waals surface area contributed by atoms with Crippen molar-refractivity contribution in [1.82, 2.24) is 0 Å². The summed E-state index contributed by atoms with van der Waals surface area (Å²) in [4.78, 5) is 64.5. The van der Waals surface area contributed by atoms with E-state index < -0.39 is 101 Å². The van der Waals surface area contributed by atoms with E-state index in [2.05, 4.69) is 0 Å². The fourth-order valence-electron chi connectivity index (χ4n) is 8.25. The third-order valence-electron chi connectivity index (χ3n) is 9.57. The lowest BCUT2D eigenvalue weighted by Crippen LogP contribution is -2.79. The average molecular weight is 569 g/mol. The minimum absolute atomic E-state index is 0.0448. The number of aliphatic hydroxyl groups is 2. The van der Waals surface area contributed by atoms with Crippen LogP contribution in [0, 0.1) is 34.5 Å². The predicted molar refractivity (Wildman–Crippen MR) is 131 cm³/mol. The zero-order valence-electron chi connectivity index (χ0n) is 23.2. The minimum Gasteiger partial charge on any atom is -0.481 e. The summed E-state index contributed by atoms with van der Waals surface area (Å²) < 4.78 is 27.3. The van der Waals surface area contributed by atoms with Crippen LogP contribution in [0.3, 0.4) is 0 Å².